The Balaban J connectivity index is 1.94. The number of aliphatic hydroxyl groups excluding tert-OH is 1. The van der Waals surface area contributed by atoms with Crippen molar-refractivity contribution in [2.45, 2.75) is 89.9 Å². The number of aliphatic hydroxyl groups is 1. The predicted molar refractivity (Wildman–Crippen MR) is 121 cm³/mol. The predicted octanol–water partition coefficient (Wildman–Crippen LogP) is 1.60. The number of carbonyl (C=O) groups is 3. The second kappa shape index (κ2) is 10.1. The van der Waals surface area contributed by atoms with Crippen LogP contribution in [0.1, 0.15) is 72.6 Å². The van der Waals surface area contributed by atoms with Crippen molar-refractivity contribution in [1.29, 1.82) is 0 Å². The molecule has 3 aliphatic heterocycles. The van der Waals surface area contributed by atoms with Gasteiger partial charge in [0, 0.05) is 26.2 Å². The first-order valence-corrected chi connectivity index (χ1v) is 12.4. The molecule has 3 fully saturated rings. The normalized spacial score (nSPS) is 35.3. The van der Waals surface area contributed by atoms with Crippen LogP contribution in [0.15, 0.2) is 0 Å². The lowest BCUT2D eigenvalue weighted by atomic mass is 9.62. The van der Waals surface area contributed by atoms with E-state index in [-0.39, 0.29) is 30.2 Å². The molecule has 0 radical (unpaired) electrons. The van der Waals surface area contributed by atoms with Crippen LogP contribution in [-0.2, 0) is 19.1 Å². The Kier molecular flexibility index (Phi) is 7.86. The maximum Gasteiger partial charge on any atom is 0.245 e. The number of amides is 3. The number of likely N-dealkylation sites (tertiary alicyclic amines) is 1. The van der Waals surface area contributed by atoms with Crippen LogP contribution in [0.3, 0.4) is 0 Å². The molecule has 182 valence electrons. The van der Waals surface area contributed by atoms with Crippen LogP contribution in [0, 0.1) is 17.8 Å². The van der Waals surface area contributed by atoms with E-state index in [2.05, 4.69) is 24.5 Å². The third-order valence-electron chi connectivity index (χ3n) is 7.78. The van der Waals surface area contributed by atoms with Gasteiger partial charge in [-0.15, -0.1) is 0 Å². The van der Waals surface area contributed by atoms with E-state index in [0.29, 0.717) is 38.9 Å². The summed E-state index contributed by atoms with van der Waals surface area (Å²) >= 11 is 0. The summed E-state index contributed by atoms with van der Waals surface area (Å²) in [6.45, 7) is 9.72. The maximum atomic E-state index is 13.8. The van der Waals surface area contributed by atoms with E-state index >= 15 is 0 Å². The van der Waals surface area contributed by atoms with Crippen LogP contribution in [0.25, 0.3) is 0 Å². The Morgan fingerprint density at radius 1 is 1.09 bits per heavy atom. The van der Waals surface area contributed by atoms with Gasteiger partial charge in [0.15, 0.2) is 0 Å². The molecule has 0 aromatic carbocycles. The average Bonchev–Trinajstić information content (AvgIpc) is 3.26. The van der Waals surface area contributed by atoms with E-state index in [4.69, 9.17) is 9.84 Å². The Morgan fingerprint density at radius 2 is 1.81 bits per heavy atom. The van der Waals surface area contributed by atoms with E-state index in [0.717, 1.165) is 25.7 Å². The fourth-order valence-corrected chi connectivity index (χ4v) is 6.09. The molecule has 3 aliphatic rings. The largest absolute Gasteiger partial charge is 0.396 e. The van der Waals surface area contributed by atoms with Gasteiger partial charge in [-0.2, -0.15) is 0 Å². The second-order valence-corrected chi connectivity index (χ2v) is 9.96. The highest BCUT2D eigenvalue weighted by atomic mass is 16.5. The molecule has 8 heteroatoms. The first kappa shape index (κ1) is 25.0. The minimum absolute atomic E-state index is 0.0595. The molecule has 6 atom stereocenters. The number of hydrogen-bond donors (Lipinski definition) is 3. The zero-order valence-electron chi connectivity index (χ0n) is 20.1. The molecule has 3 amide bonds. The quantitative estimate of drug-likeness (QED) is 0.391. The fraction of sp³-hybridized carbons (Fsp3) is 0.875. The highest BCUT2D eigenvalue weighted by Gasteiger charge is 2.79. The molecule has 3 rings (SSSR count). The fourth-order valence-electron chi connectivity index (χ4n) is 6.09. The minimum Gasteiger partial charge on any atom is -0.396 e. The van der Waals surface area contributed by atoms with Crippen LogP contribution in [-0.4, -0.2) is 71.2 Å². The third kappa shape index (κ3) is 4.04. The van der Waals surface area contributed by atoms with Gasteiger partial charge >= 0.3 is 0 Å². The standard InChI is InChI=1S/C24H41N3O5/c1-5-7-12-26-21(30)19-24-15-16(3)23(4,32-24)17(20(29)25-11-6-2)18(24)22(31)27(19)13-9-8-10-14-28/h16-19,28H,5-15H2,1-4H3,(H,25,29)(H,26,30)/t16?,17-,18+,19?,23+,24?/m1/s1. The number of ether oxygens (including phenoxy) is 1. The van der Waals surface area contributed by atoms with Crippen molar-refractivity contribution in [3.8, 4) is 0 Å². The highest BCUT2D eigenvalue weighted by Crippen LogP contribution is 2.65. The molecular formula is C24H41N3O5. The number of carbonyl (C=O) groups excluding carboxylic acids is 3. The van der Waals surface area contributed by atoms with E-state index in [1.54, 1.807) is 4.90 Å². The summed E-state index contributed by atoms with van der Waals surface area (Å²) in [7, 11) is 0. The zero-order valence-corrected chi connectivity index (χ0v) is 20.1. The number of unbranched alkanes of at least 4 members (excludes halogenated alkanes) is 3. The van der Waals surface area contributed by atoms with Gasteiger partial charge in [0.25, 0.3) is 0 Å². The second-order valence-electron chi connectivity index (χ2n) is 9.96. The first-order chi connectivity index (χ1) is 15.3. The van der Waals surface area contributed by atoms with Gasteiger partial charge < -0.3 is 25.4 Å². The molecule has 1 spiro atoms. The number of rotatable bonds is 12. The SMILES string of the molecule is CCCCNC(=O)C1N(CCCCCO)C(=O)[C@@H]2[C@H](C(=O)NCCC)[C@@]3(C)OC12CC3C. The summed E-state index contributed by atoms with van der Waals surface area (Å²) < 4.78 is 6.64. The molecule has 0 aliphatic carbocycles. The molecule has 3 heterocycles. The Hall–Kier alpha value is -1.67. The van der Waals surface area contributed by atoms with E-state index in [1.165, 1.54) is 0 Å². The van der Waals surface area contributed by atoms with Crippen LogP contribution in [0.2, 0.25) is 0 Å². The summed E-state index contributed by atoms with van der Waals surface area (Å²) in [6.07, 6.45) is 5.39. The van der Waals surface area contributed by atoms with Gasteiger partial charge in [-0.25, -0.2) is 0 Å². The molecule has 3 saturated heterocycles. The van der Waals surface area contributed by atoms with Crippen LogP contribution in [0.4, 0.5) is 0 Å². The van der Waals surface area contributed by atoms with E-state index < -0.39 is 29.1 Å². The summed E-state index contributed by atoms with van der Waals surface area (Å²) in [6, 6.07) is -0.723. The summed E-state index contributed by atoms with van der Waals surface area (Å²) in [4.78, 5) is 42.1. The highest BCUT2D eigenvalue weighted by molar-refractivity contribution is 5.99. The van der Waals surface area contributed by atoms with Crippen LogP contribution >= 0.6 is 0 Å². The number of hydrogen-bond acceptors (Lipinski definition) is 5. The van der Waals surface area contributed by atoms with Crippen LogP contribution < -0.4 is 10.6 Å². The smallest absolute Gasteiger partial charge is 0.245 e. The van der Waals surface area contributed by atoms with E-state index in [1.807, 2.05) is 13.8 Å². The summed E-state index contributed by atoms with van der Waals surface area (Å²) in [5.74, 6) is -1.64. The van der Waals surface area contributed by atoms with Gasteiger partial charge in [0.05, 0.1) is 17.4 Å². The monoisotopic (exact) mass is 451 g/mol. The van der Waals surface area contributed by atoms with Crippen molar-refractivity contribution >= 4 is 17.7 Å². The van der Waals surface area contributed by atoms with Gasteiger partial charge in [-0.05, 0) is 51.4 Å². The van der Waals surface area contributed by atoms with Crippen molar-refractivity contribution < 1.29 is 24.2 Å². The zero-order chi connectivity index (χ0) is 23.5. The topological polar surface area (TPSA) is 108 Å². The summed E-state index contributed by atoms with van der Waals surface area (Å²) in [5.41, 5.74) is -1.73. The van der Waals surface area contributed by atoms with Gasteiger partial charge in [0.1, 0.15) is 11.6 Å². The lowest BCUT2D eigenvalue weighted by molar-refractivity contribution is -0.147. The first-order valence-electron chi connectivity index (χ1n) is 12.4. The lowest BCUT2D eigenvalue weighted by Crippen LogP contribution is -2.56. The molecule has 32 heavy (non-hydrogen) atoms. The molecule has 3 N–H and O–H groups in total. The molecule has 2 bridgehead atoms. The van der Waals surface area contributed by atoms with Gasteiger partial charge in [-0.1, -0.05) is 27.2 Å². The Labute approximate surface area is 191 Å². The minimum atomic E-state index is -0.966. The Morgan fingerprint density at radius 3 is 2.47 bits per heavy atom. The van der Waals surface area contributed by atoms with E-state index in [9.17, 15) is 14.4 Å². The van der Waals surface area contributed by atoms with Crippen molar-refractivity contribution in [2.24, 2.45) is 17.8 Å². The Bertz CT molecular complexity index is 716. The number of nitrogens with one attached hydrogen (secondary N) is 2. The van der Waals surface area contributed by atoms with Crippen molar-refractivity contribution in [2.75, 3.05) is 26.2 Å². The number of nitrogens with zero attached hydrogens (tertiary/aromatic N) is 1. The molecule has 3 unspecified atom stereocenters. The third-order valence-corrected chi connectivity index (χ3v) is 7.78. The number of fused-ring (bicyclic) bond motifs is 1. The average molecular weight is 452 g/mol. The molecule has 0 aromatic heterocycles. The van der Waals surface area contributed by atoms with Crippen molar-refractivity contribution in [3.05, 3.63) is 0 Å². The summed E-state index contributed by atoms with van der Waals surface area (Å²) in [5, 5.41) is 15.1. The molecular weight excluding hydrogens is 410 g/mol. The molecule has 0 saturated carbocycles. The van der Waals surface area contributed by atoms with Gasteiger partial charge in [-0.3, -0.25) is 14.4 Å². The molecule has 8 nitrogen and oxygen atoms in total. The van der Waals surface area contributed by atoms with Gasteiger partial charge in [0.2, 0.25) is 17.7 Å². The van der Waals surface area contributed by atoms with Crippen LogP contribution in [0.5, 0.6) is 0 Å². The molecule has 0 aromatic rings. The maximum absolute atomic E-state index is 13.8. The van der Waals surface area contributed by atoms with Crippen molar-refractivity contribution in [3.63, 3.8) is 0 Å². The lowest BCUT2D eigenvalue weighted by Gasteiger charge is -2.36. The van der Waals surface area contributed by atoms with Crippen molar-refractivity contribution in [1.82, 2.24) is 15.5 Å².